The van der Waals surface area contributed by atoms with Gasteiger partial charge in [0.15, 0.2) is 0 Å². The minimum absolute atomic E-state index is 0.0400. The normalized spacial score (nSPS) is 34.9. The summed E-state index contributed by atoms with van der Waals surface area (Å²) in [5, 5.41) is 26.8. The molecule has 4 aliphatic heterocycles. The molecule has 4 saturated heterocycles. The van der Waals surface area contributed by atoms with Gasteiger partial charge in [-0.1, -0.05) is 0 Å². The minimum Gasteiger partial charge on any atom is -0.388 e. The average Bonchev–Trinajstić information content (AvgIpc) is 3.64. The molecule has 0 radical (unpaired) electrons. The molecular formula is C28H36FN5O7. The van der Waals surface area contributed by atoms with Crippen molar-refractivity contribution in [1.82, 2.24) is 25.3 Å². The number of hydrogen-bond acceptors (Lipinski definition) is 8. The third kappa shape index (κ3) is 5.81. The van der Waals surface area contributed by atoms with Gasteiger partial charge in [0.25, 0.3) is 5.91 Å². The van der Waals surface area contributed by atoms with Gasteiger partial charge in [-0.3, -0.25) is 24.1 Å². The Hall–Kier alpha value is -3.13. The number of rotatable bonds is 3. The van der Waals surface area contributed by atoms with Crippen molar-refractivity contribution in [2.45, 2.75) is 68.2 Å². The Morgan fingerprint density at radius 1 is 1.00 bits per heavy atom. The zero-order valence-corrected chi connectivity index (χ0v) is 22.7. The number of aliphatic hydroxyl groups excluding tert-OH is 2. The molecule has 13 heteroatoms. The predicted octanol–water partition coefficient (Wildman–Crippen LogP) is -1.54. The molecule has 41 heavy (non-hydrogen) atoms. The topological polar surface area (TPSA) is 152 Å². The van der Waals surface area contributed by atoms with E-state index in [1.165, 1.54) is 29.2 Å². The van der Waals surface area contributed by atoms with E-state index < -0.39 is 54.1 Å². The highest BCUT2D eigenvalue weighted by Gasteiger charge is 2.47. The SMILES string of the molecule is O=C1C[C@@H]2O[C@H](CNC(=O)[C@@H]3CN(CCN3C(=O)c3ccc(F)cc3)C(=O)[C@@H]3C[C@@H](CN3CC3CC3)N1)[C@@H](O)[C@H]2O. The summed E-state index contributed by atoms with van der Waals surface area (Å²) in [4.78, 5) is 58.8. The predicted molar refractivity (Wildman–Crippen MR) is 141 cm³/mol. The number of ether oxygens (including phenoxy) is 1. The van der Waals surface area contributed by atoms with E-state index in [9.17, 15) is 33.8 Å². The van der Waals surface area contributed by atoms with Crippen LogP contribution in [0.4, 0.5) is 4.39 Å². The van der Waals surface area contributed by atoms with E-state index in [0.29, 0.717) is 18.9 Å². The van der Waals surface area contributed by atoms with Crippen LogP contribution in [0.1, 0.15) is 36.0 Å². The molecule has 12 nitrogen and oxygen atoms in total. The Bertz CT molecular complexity index is 1200. The van der Waals surface area contributed by atoms with E-state index in [1.54, 1.807) is 4.90 Å². The van der Waals surface area contributed by atoms with Gasteiger partial charge in [0, 0.05) is 44.3 Å². The molecule has 4 amide bonds. The molecule has 1 aromatic rings. The van der Waals surface area contributed by atoms with Crippen LogP contribution < -0.4 is 10.6 Å². The van der Waals surface area contributed by atoms with E-state index in [2.05, 4.69) is 15.5 Å². The van der Waals surface area contributed by atoms with Gasteiger partial charge in [-0.05, 0) is 49.4 Å². The fraction of sp³-hybridized carbons (Fsp3) is 0.643. The van der Waals surface area contributed by atoms with Crippen LogP contribution in [0.25, 0.3) is 0 Å². The molecule has 4 N–H and O–H groups in total. The zero-order valence-electron chi connectivity index (χ0n) is 22.7. The Labute approximate surface area is 236 Å². The number of piperazine rings is 1. The van der Waals surface area contributed by atoms with Crippen molar-refractivity contribution in [1.29, 1.82) is 0 Å². The van der Waals surface area contributed by atoms with E-state index >= 15 is 0 Å². The van der Waals surface area contributed by atoms with Gasteiger partial charge < -0.3 is 35.4 Å². The zero-order chi connectivity index (χ0) is 28.8. The van der Waals surface area contributed by atoms with Gasteiger partial charge >= 0.3 is 0 Å². The lowest BCUT2D eigenvalue weighted by Crippen LogP contribution is -2.63. The third-order valence-corrected chi connectivity index (χ3v) is 8.92. The lowest BCUT2D eigenvalue weighted by Gasteiger charge is -2.42. The number of aliphatic hydroxyl groups is 2. The smallest absolute Gasteiger partial charge is 0.254 e. The molecule has 7 atom stereocenters. The lowest BCUT2D eigenvalue weighted by molar-refractivity contribution is -0.141. The van der Waals surface area contributed by atoms with Crippen molar-refractivity contribution >= 4 is 23.6 Å². The number of halogens is 1. The van der Waals surface area contributed by atoms with Crippen LogP contribution in [0.15, 0.2) is 24.3 Å². The van der Waals surface area contributed by atoms with Crippen LogP contribution in [0.2, 0.25) is 0 Å². The average molecular weight is 574 g/mol. The largest absolute Gasteiger partial charge is 0.388 e. The summed E-state index contributed by atoms with van der Waals surface area (Å²) in [6.45, 7) is 1.36. The summed E-state index contributed by atoms with van der Waals surface area (Å²) in [6, 6.07) is 3.28. The minimum atomic E-state index is -1.32. The number of nitrogens with one attached hydrogen (secondary N) is 2. The van der Waals surface area contributed by atoms with Gasteiger partial charge in [-0.2, -0.15) is 0 Å². The summed E-state index contributed by atoms with van der Waals surface area (Å²) < 4.78 is 19.3. The fourth-order valence-corrected chi connectivity index (χ4v) is 6.47. The van der Waals surface area contributed by atoms with Crippen LogP contribution in [0.5, 0.6) is 0 Å². The molecule has 1 saturated carbocycles. The first-order chi connectivity index (χ1) is 19.7. The first kappa shape index (κ1) is 28.0. The number of amides is 4. The maximum atomic E-state index is 13.9. The molecular weight excluding hydrogens is 537 g/mol. The van der Waals surface area contributed by atoms with Crippen molar-refractivity contribution in [2.75, 3.05) is 39.3 Å². The second-order valence-electron chi connectivity index (χ2n) is 11.9. The first-order valence-electron chi connectivity index (χ1n) is 14.4. The molecule has 222 valence electrons. The summed E-state index contributed by atoms with van der Waals surface area (Å²) in [5.41, 5.74) is 0.219. The lowest BCUT2D eigenvalue weighted by atomic mass is 10.0. The van der Waals surface area contributed by atoms with Crippen LogP contribution >= 0.6 is 0 Å². The highest BCUT2D eigenvalue weighted by Crippen LogP contribution is 2.33. The molecule has 1 aromatic carbocycles. The summed E-state index contributed by atoms with van der Waals surface area (Å²) >= 11 is 0. The summed E-state index contributed by atoms with van der Waals surface area (Å²) in [7, 11) is 0. The molecule has 0 spiro atoms. The van der Waals surface area contributed by atoms with Gasteiger partial charge in [-0.25, -0.2) is 4.39 Å². The highest BCUT2D eigenvalue weighted by atomic mass is 19.1. The number of hydrogen-bond donors (Lipinski definition) is 4. The molecule has 5 aliphatic rings. The van der Waals surface area contributed by atoms with E-state index in [1.807, 2.05) is 0 Å². The van der Waals surface area contributed by atoms with Gasteiger partial charge in [-0.15, -0.1) is 0 Å². The molecule has 6 bridgehead atoms. The number of carbonyl (C=O) groups is 4. The van der Waals surface area contributed by atoms with E-state index in [0.717, 1.165) is 19.4 Å². The molecule has 0 aromatic heterocycles. The Morgan fingerprint density at radius 3 is 2.46 bits per heavy atom. The Kier molecular flexibility index (Phi) is 7.70. The van der Waals surface area contributed by atoms with Crippen molar-refractivity contribution < 1.29 is 38.5 Å². The standard InChI is InChI=1S/C28H36FN5O7/c29-17-5-3-16(4-6-17)27(39)34-8-7-32-14-20(34)26(38)30-11-22-25(37)24(36)21(41-22)10-23(35)31-18-9-19(28(32)40)33(13-18)12-15-1-2-15/h3-6,15,18-22,24-25,36-37H,1-2,7-14H2,(H,30,38)(H,31,35)/t18-,19-,20-,21-,22+,24-,25+/m0/s1. The van der Waals surface area contributed by atoms with Gasteiger partial charge in [0.05, 0.1) is 25.1 Å². The molecule has 0 unspecified atom stereocenters. The van der Waals surface area contributed by atoms with Crippen molar-refractivity contribution in [3.8, 4) is 0 Å². The fourth-order valence-electron chi connectivity index (χ4n) is 6.47. The monoisotopic (exact) mass is 573 g/mol. The number of carbonyl (C=O) groups excluding carboxylic acids is 4. The Morgan fingerprint density at radius 2 is 1.73 bits per heavy atom. The van der Waals surface area contributed by atoms with Crippen LogP contribution in [0.3, 0.4) is 0 Å². The maximum absolute atomic E-state index is 13.9. The van der Waals surface area contributed by atoms with Gasteiger partial charge in [0.1, 0.15) is 30.2 Å². The second kappa shape index (κ2) is 11.3. The summed E-state index contributed by atoms with van der Waals surface area (Å²) in [5.74, 6) is -1.46. The molecule has 4 heterocycles. The quantitative estimate of drug-likeness (QED) is 0.340. The number of fused-ring (bicyclic) bond motifs is 6. The van der Waals surface area contributed by atoms with Crippen LogP contribution in [-0.4, -0.2) is 130 Å². The van der Waals surface area contributed by atoms with Crippen molar-refractivity contribution in [2.24, 2.45) is 5.92 Å². The number of likely N-dealkylation sites (tertiary alicyclic amines) is 1. The van der Waals surface area contributed by atoms with Gasteiger partial charge in [0.2, 0.25) is 17.7 Å². The molecule has 1 aliphatic carbocycles. The second-order valence-corrected chi connectivity index (χ2v) is 11.9. The summed E-state index contributed by atoms with van der Waals surface area (Å²) in [6.07, 6.45) is -2.13. The number of nitrogens with zero attached hydrogens (tertiary/aromatic N) is 3. The van der Waals surface area contributed by atoms with Crippen molar-refractivity contribution in [3.05, 3.63) is 35.6 Å². The van der Waals surface area contributed by atoms with Crippen molar-refractivity contribution in [3.63, 3.8) is 0 Å². The van der Waals surface area contributed by atoms with Crippen LogP contribution in [0, 0.1) is 11.7 Å². The Balaban J connectivity index is 1.28. The molecule has 6 rings (SSSR count). The molecule has 5 fully saturated rings. The third-order valence-electron chi connectivity index (χ3n) is 8.92. The number of benzene rings is 1. The van der Waals surface area contributed by atoms with Crippen LogP contribution in [-0.2, 0) is 19.1 Å². The maximum Gasteiger partial charge on any atom is 0.254 e. The van der Waals surface area contributed by atoms with E-state index in [4.69, 9.17) is 4.74 Å². The van der Waals surface area contributed by atoms with E-state index in [-0.39, 0.29) is 56.0 Å². The highest BCUT2D eigenvalue weighted by molar-refractivity contribution is 5.98. The first-order valence-corrected chi connectivity index (χ1v) is 14.4.